The molecule has 2 aromatic rings. The number of fused-ring (bicyclic) bond motifs is 1. The molecule has 0 bridgehead atoms. The summed E-state index contributed by atoms with van der Waals surface area (Å²) in [4.78, 5) is 15.9. The van der Waals surface area contributed by atoms with E-state index in [9.17, 15) is 18.7 Å². The molecule has 1 N–H and O–H groups in total. The van der Waals surface area contributed by atoms with Crippen molar-refractivity contribution in [2.75, 3.05) is 31.1 Å². The largest absolute Gasteiger partial charge is 0.392 e. The van der Waals surface area contributed by atoms with Gasteiger partial charge in [0.05, 0.1) is 29.9 Å². The molecule has 4 rings (SSSR count). The van der Waals surface area contributed by atoms with E-state index in [4.69, 9.17) is 9.26 Å². The minimum Gasteiger partial charge on any atom is -0.392 e. The minimum absolute atomic E-state index is 0.114. The summed E-state index contributed by atoms with van der Waals surface area (Å²) >= 11 is 0. The molecule has 0 unspecified atom stereocenters. The van der Waals surface area contributed by atoms with Gasteiger partial charge in [0, 0.05) is 44.6 Å². The second kappa shape index (κ2) is 7.73. The summed E-state index contributed by atoms with van der Waals surface area (Å²) < 4.78 is 53.1. The molecule has 1 aromatic carbocycles. The molecule has 2 aliphatic heterocycles. The summed E-state index contributed by atoms with van der Waals surface area (Å²) in [5, 5.41) is 13.7. The van der Waals surface area contributed by atoms with Crippen molar-refractivity contribution in [2.45, 2.75) is 51.4 Å². The first-order valence-corrected chi connectivity index (χ1v) is 9.99. The zero-order chi connectivity index (χ0) is 21.6. The smallest absolute Gasteiger partial charge is 0.276 e. The number of carbonyl (C=O) groups excluding carboxylic acids is 1. The number of hydrogen-bond acceptors (Lipinski definition) is 6. The Balaban J connectivity index is 1.70. The van der Waals surface area contributed by atoms with Gasteiger partial charge in [0.1, 0.15) is 0 Å². The fourth-order valence-electron chi connectivity index (χ4n) is 4.24. The number of aliphatic hydroxyl groups excluding tert-OH is 1. The molecule has 0 spiro atoms. The number of halogens is 3. The summed E-state index contributed by atoms with van der Waals surface area (Å²) in [5.74, 6) is -4.09. The maximum atomic E-state index is 15.4. The Bertz CT molecular complexity index is 944. The third-order valence-corrected chi connectivity index (χ3v) is 5.65. The number of anilines is 1. The highest BCUT2D eigenvalue weighted by Gasteiger charge is 2.37. The van der Waals surface area contributed by atoms with E-state index in [1.807, 2.05) is 13.8 Å². The third kappa shape index (κ3) is 3.74. The number of likely N-dealkylation sites (tertiary alicyclic amines) is 1. The van der Waals surface area contributed by atoms with Gasteiger partial charge in [-0.2, -0.15) is 0 Å². The van der Waals surface area contributed by atoms with Crippen molar-refractivity contribution in [1.29, 1.82) is 0 Å². The van der Waals surface area contributed by atoms with Crippen LogP contribution in [0.15, 0.2) is 10.6 Å². The van der Waals surface area contributed by atoms with Crippen molar-refractivity contribution in [3.8, 4) is 0 Å². The number of aromatic nitrogens is 1. The number of amides is 1. The predicted octanol–water partition coefficient (Wildman–Crippen LogP) is 2.94. The van der Waals surface area contributed by atoms with Crippen LogP contribution in [0.25, 0.3) is 11.0 Å². The standard InChI is InChI=1S/C20H24F3N3O4/c1-11-8-26(9-12(2)29-11)17-13(10-27)7-14-16(24-30-18(14)15(17)21)19(28)25-5-3-20(22,23)4-6-25/h7,11-12,27H,3-6,8-10H2,1-2H3/t11-,12+. The first-order chi connectivity index (χ1) is 14.2. The van der Waals surface area contributed by atoms with E-state index in [1.54, 1.807) is 4.90 Å². The van der Waals surface area contributed by atoms with E-state index >= 15 is 4.39 Å². The van der Waals surface area contributed by atoms with Crippen molar-refractivity contribution in [3.05, 3.63) is 23.1 Å². The molecule has 10 heteroatoms. The molecule has 1 amide bonds. The summed E-state index contributed by atoms with van der Waals surface area (Å²) in [6.45, 7) is 3.95. The van der Waals surface area contributed by atoms with Gasteiger partial charge in [0.25, 0.3) is 11.8 Å². The zero-order valence-electron chi connectivity index (χ0n) is 16.8. The van der Waals surface area contributed by atoms with Crippen LogP contribution in [0.2, 0.25) is 0 Å². The van der Waals surface area contributed by atoms with Crippen LogP contribution in [-0.4, -0.2) is 65.4 Å². The third-order valence-electron chi connectivity index (χ3n) is 5.65. The monoisotopic (exact) mass is 427 g/mol. The Kier molecular flexibility index (Phi) is 5.39. The Morgan fingerprint density at radius 3 is 2.50 bits per heavy atom. The summed E-state index contributed by atoms with van der Waals surface area (Å²) in [5.41, 5.74) is 0.155. The number of ether oxygens (including phenoxy) is 1. The number of hydrogen-bond donors (Lipinski definition) is 1. The van der Waals surface area contributed by atoms with E-state index < -0.39 is 37.1 Å². The van der Waals surface area contributed by atoms with Gasteiger partial charge in [-0.25, -0.2) is 13.2 Å². The Labute approximate surface area is 171 Å². The lowest BCUT2D eigenvalue weighted by molar-refractivity contribution is -0.0495. The van der Waals surface area contributed by atoms with Crippen LogP contribution in [0.3, 0.4) is 0 Å². The van der Waals surface area contributed by atoms with Crippen LogP contribution in [0.1, 0.15) is 42.7 Å². The van der Waals surface area contributed by atoms with Crippen molar-refractivity contribution in [2.24, 2.45) is 0 Å². The molecule has 0 aliphatic carbocycles. The average molecular weight is 427 g/mol. The molecular weight excluding hydrogens is 403 g/mol. The maximum absolute atomic E-state index is 15.4. The number of carbonyl (C=O) groups is 1. The van der Waals surface area contributed by atoms with Crippen LogP contribution >= 0.6 is 0 Å². The SMILES string of the molecule is C[C@@H]1CN(c2c(CO)cc3c(C(=O)N4CCC(F)(F)CC4)noc3c2F)C[C@H](C)O1. The van der Waals surface area contributed by atoms with Gasteiger partial charge >= 0.3 is 0 Å². The van der Waals surface area contributed by atoms with Crippen molar-refractivity contribution in [1.82, 2.24) is 10.1 Å². The number of piperidine rings is 1. The summed E-state index contributed by atoms with van der Waals surface area (Å²) in [7, 11) is 0. The van der Waals surface area contributed by atoms with Crippen molar-refractivity contribution in [3.63, 3.8) is 0 Å². The predicted molar refractivity (Wildman–Crippen MR) is 102 cm³/mol. The van der Waals surface area contributed by atoms with E-state index in [2.05, 4.69) is 5.16 Å². The number of morpholine rings is 1. The van der Waals surface area contributed by atoms with Gasteiger partial charge in [-0.15, -0.1) is 0 Å². The number of aliphatic hydroxyl groups is 1. The number of nitrogens with zero attached hydrogens (tertiary/aromatic N) is 3. The van der Waals surface area contributed by atoms with Gasteiger partial charge in [-0.3, -0.25) is 4.79 Å². The molecule has 0 radical (unpaired) electrons. The molecule has 7 nitrogen and oxygen atoms in total. The van der Waals surface area contributed by atoms with Gasteiger partial charge in [-0.05, 0) is 19.9 Å². The first-order valence-electron chi connectivity index (χ1n) is 9.99. The molecular formula is C20H24F3N3O4. The second-order valence-corrected chi connectivity index (χ2v) is 8.07. The fraction of sp³-hybridized carbons (Fsp3) is 0.600. The minimum atomic E-state index is -2.79. The fourth-order valence-corrected chi connectivity index (χ4v) is 4.24. The van der Waals surface area contributed by atoms with E-state index in [0.717, 1.165) is 0 Å². The molecule has 164 valence electrons. The highest BCUT2D eigenvalue weighted by Crippen LogP contribution is 2.36. The number of alkyl halides is 2. The van der Waals surface area contributed by atoms with Crippen LogP contribution < -0.4 is 4.90 Å². The Hall–Kier alpha value is -2.33. The van der Waals surface area contributed by atoms with Crippen LogP contribution in [-0.2, 0) is 11.3 Å². The van der Waals surface area contributed by atoms with Crippen LogP contribution in [0.5, 0.6) is 0 Å². The van der Waals surface area contributed by atoms with Gasteiger partial charge in [0.2, 0.25) is 5.58 Å². The van der Waals surface area contributed by atoms with Gasteiger partial charge in [0.15, 0.2) is 11.5 Å². The number of rotatable bonds is 3. The summed E-state index contributed by atoms with van der Waals surface area (Å²) in [6.07, 6.45) is -1.11. The molecule has 3 heterocycles. The normalized spacial score (nSPS) is 24.5. The van der Waals surface area contributed by atoms with E-state index in [1.165, 1.54) is 11.0 Å². The Morgan fingerprint density at radius 1 is 1.27 bits per heavy atom. The molecule has 30 heavy (non-hydrogen) atoms. The zero-order valence-corrected chi connectivity index (χ0v) is 16.8. The topological polar surface area (TPSA) is 79.0 Å². The van der Waals surface area contributed by atoms with Crippen LogP contribution in [0, 0.1) is 5.82 Å². The van der Waals surface area contributed by atoms with Crippen LogP contribution in [0.4, 0.5) is 18.9 Å². The van der Waals surface area contributed by atoms with E-state index in [0.29, 0.717) is 18.7 Å². The van der Waals surface area contributed by atoms with E-state index in [-0.39, 0.29) is 47.6 Å². The average Bonchev–Trinajstić information content (AvgIpc) is 3.10. The van der Waals surface area contributed by atoms with Crippen molar-refractivity contribution < 1.29 is 32.3 Å². The number of benzene rings is 1. The second-order valence-electron chi connectivity index (χ2n) is 8.07. The molecule has 2 atom stereocenters. The maximum Gasteiger partial charge on any atom is 0.276 e. The molecule has 2 fully saturated rings. The Morgan fingerprint density at radius 2 is 1.90 bits per heavy atom. The van der Waals surface area contributed by atoms with Crippen molar-refractivity contribution >= 4 is 22.6 Å². The lowest BCUT2D eigenvalue weighted by Crippen LogP contribution is -2.46. The lowest BCUT2D eigenvalue weighted by Gasteiger charge is -2.37. The molecule has 1 aromatic heterocycles. The molecule has 2 aliphatic rings. The molecule has 0 saturated carbocycles. The van der Waals surface area contributed by atoms with Gasteiger partial charge in [-0.1, -0.05) is 5.16 Å². The van der Waals surface area contributed by atoms with Gasteiger partial charge < -0.3 is 24.2 Å². The quantitative estimate of drug-likeness (QED) is 0.812. The highest BCUT2D eigenvalue weighted by atomic mass is 19.3. The lowest BCUT2D eigenvalue weighted by atomic mass is 10.0. The first kappa shape index (κ1) is 20.9. The highest BCUT2D eigenvalue weighted by molar-refractivity contribution is 6.05. The molecule has 2 saturated heterocycles. The summed E-state index contributed by atoms with van der Waals surface area (Å²) in [6, 6.07) is 1.49.